The number of carboxylic acids is 1. The summed E-state index contributed by atoms with van der Waals surface area (Å²) in [7, 11) is 0. The third kappa shape index (κ3) is 4.53. The summed E-state index contributed by atoms with van der Waals surface area (Å²) in [4.78, 5) is 21.2. The summed E-state index contributed by atoms with van der Waals surface area (Å²) in [6.45, 7) is 5.37. The maximum atomic E-state index is 11.1. The molecule has 0 aliphatic carbocycles. The molecule has 0 amide bonds. The Balaban J connectivity index is 3.80. The number of carbonyl (C=O) groups is 2. The third-order valence-electron chi connectivity index (χ3n) is 1.40. The predicted octanol–water partition coefficient (Wildman–Crippen LogP) is 1.47. The molecular weight excluding hydrogens is 144 g/mol. The Hall–Kier alpha value is -0.860. The summed E-state index contributed by atoms with van der Waals surface area (Å²) < 4.78 is 0. The van der Waals surface area contributed by atoms with E-state index in [1.165, 1.54) is 0 Å². The van der Waals surface area contributed by atoms with Crippen molar-refractivity contribution < 1.29 is 14.7 Å². The van der Waals surface area contributed by atoms with E-state index < -0.39 is 11.4 Å². The van der Waals surface area contributed by atoms with Gasteiger partial charge in [-0.1, -0.05) is 20.8 Å². The molecule has 3 heteroatoms. The molecule has 0 radical (unpaired) electrons. The number of hydrogen-bond donors (Lipinski definition) is 1. The molecule has 0 unspecified atom stereocenters. The highest BCUT2D eigenvalue weighted by atomic mass is 16.4. The van der Waals surface area contributed by atoms with Crippen LogP contribution in [0.5, 0.6) is 0 Å². The van der Waals surface area contributed by atoms with Gasteiger partial charge in [-0.3, -0.25) is 9.59 Å². The van der Waals surface area contributed by atoms with Gasteiger partial charge in [0.05, 0.1) is 6.42 Å². The predicted molar refractivity (Wildman–Crippen MR) is 41.3 cm³/mol. The minimum absolute atomic E-state index is 0.0000926. The first-order valence-electron chi connectivity index (χ1n) is 3.59. The van der Waals surface area contributed by atoms with Crippen LogP contribution >= 0.6 is 0 Å². The lowest BCUT2D eigenvalue weighted by Gasteiger charge is -2.15. The van der Waals surface area contributed by atoms with Crippen molar-refractivity contribution in [2.75, 3.05) is 0 Å². The molecule has 1 N–H and O–H groups in total. The molecule has 0 bridgehead atoms. The van der Waals surface area contributed by atoms with Crippen LogP contribution in [0.25, 0.3) is 0 Å². The summed E-state index contributed by atoms with van der Waals surface area (Å²) in [6, 6.07) is 0. The van der Waals surface area contributed by atoms with Gasteiger partial charge in [0.2, 0.25) is 0 Å². The molecule has 0 aliphatic heterocycles. The first-order valence-corrected chi connectivity index (χ1v) is 3.59. The molecule has 0 fully saturated rings. The molecule has 64 valence electrons. The summed E-state index contributed by atoms with van der Waals surface area (Å²) in [5, 5.41) is 8.28. The van der Waals surface area contributed by atoms with Crippen molar-refractivity contribution >= 4 is 11.8 Å². The van der Waals surface area contributed by atoms with Crippen molar-refractivity contribution in [2.45, 2.75) is 33.6 Å². The Kier molecular flexibility index (Phi) is 3.23. The van der Waals surface area contributed by atoms with E-state index in [2.05, 4.69) is 0 Å². The Bertz CT molecular complexity index is 165. The third-order valence-corrected chi connectivity index (χ3v) is 1.40. The fourth-order valence-corrected chi connectivity index (χ4v) is 0.595. The van der Waals surface area contributed by atoms with Crippen molar-refractivity contribution in [3.8, 4) is 0 Å². The van der Waals surface area contributed by atoms with Gasteiger partial charge in [-0.05, 0) is 0 Å². The van der Waals surface area contributed by atoms with Gasteiger partial charge in [0.15, 0.2) is 0 Å². The summed E-state index contributed by atoms with van der Waals surface area (Å²) in [5.74, 6) is -0.914. The molecule has 0 aromatic carbocycles. The molecule has 0 rings (SSSR count). The van der Waals surface area contributed by atoms with Crippen molar-refractivity contribution in [1.29, 1.82) is 0 Å². The van der Waals surface area contributed by atoms with Gasteiger partial charge in [0.1, 0.15) is 5.78 Å². The second-order valence-corrected chi connectivity index (χ2v) is 3.57. The van der Waals surface area contributed by atoms with E-state index in [0.717, 1.165) is 0 Å². The van der Waals surface area contributed by atoms with Crippen LogP contribution in [0.4, 0.5) is 0 Å². The van der Waals surface area contributed by atoms with E-state index in [4.69, 9.17) is 5.11 Å². The Morgan fingerprint density at radius 3 is 1.91 bits per heavy atom. The second kappa shape index (κ2) is 3.51. The lowest BCUT2D eigenvalue weighted by molar-refractivity contribution is -0.139. The van der Waals surface area contributed by atoms with Crippen molar-refractivity contribution in [1.82, 2.24) is 0 Å². The van der Waals surface area contributed by atoms with Gasteiger partial charge in [0.25, 0.3) is 0 Å². The number of Topliss-reactive ketones (excluding diaryl/α,β-unsaturated/α-hetero) is 1. The number of rotatable bonds is 3. The molecule has 0 aromatic rings. The molecular formula is C8H14O3. The minimum Gasteiger partial charge on any atom is -0.481 e. The van der Waals surface area contributed by atoms with Gasteiger partial charge in [0, 0.05) is 11.8 Å². The van der Waals surface area contributed by atoms with Gasteiger partial charge in [-0.15, -0.1) is 0 Å². The lowest BCUT2D eigenvalue weighted by atomic mass is 9.88. The highest BCUT2D eigenvalue weighted by Gasteiger charge is 2.21. The van der Waals surface area contributed by atoms with Crippen molar-refractivity contribution in [3.63, 3.8) is 0 Å². The van der Waals surface area contributed by atoms with Crippen LogP contribution in [0.2, 0.25) is 0 Å². The first kappa shape index (κ1) is 10.1. The van der Waals surface area contributed by atoms with Crippen LogP contribution in [-0.2, 0) is 9.59 Å². The van der Waals surface area contributed by atoms with E-state index >= 15 is 0 Å². The SMILES string of the molecule is CC(C)(C)C(=O)CCC(=O)O. The molecule has 0 aliphatic rings. The quantitative estimate of drug-likeness (QED) is 0.676. The van der Waals surface area contributed by atoms with Crippen LogP contribution in [0.3, 0.4) is 0 Å². The molecule has 0 saturated heterocycles. The largest absolute Gasteiger partial charge is 0.481 e. The zero-order valence-electron chi connectivity index (χ0n) is 7.18. The minimum atomic E-state index is -0.914. The topological polar surface area (TPSA) is 54.4 Å². The normalized spacial score (nSPS) is 11.2. The molecule has 0 saturated carbocycles. The number of carboxylic acid groups (broad SMARTS) is 1. The standard InChI is InChI=1S/C8H14O3/c1-8(2,3)6(9)4-5-7(10)11/h4-5H2,1-3H3,(H,10,11). The zero-order valence-corrected chi connectivity index (χ0v) is 7.18. The van der Waals surface area contributed by atoms with Gasteiger partial charge >= 0.3 is 5.97 Å². The number of ketones is 1. The van der Waals surface area contributed by atoms with Crippen LogP contribution in [0.1, 0.15) is 33.6 Å². The van der Waals surface area contributed by atoms with Gasteiger partial charge in [-0.2, -0.15) is 0 Å². The maximum absolute atomic E-state index is 11.1. The maximum Gasteiger partial charge on any atom is 0.303 e. The molecule has 0 heterocycles. The summed E-state index contributed by atoms with van der Waals surface area (Å²) in [6.07, 6.45) is 0.0783. The summed E-state index contributed by atoms with van der Waals surface area (Å²) in [5.41, 5.74) is -0.407. The van der Waals surface area contributed by atoms with E-state index in [-0.39, 0.29) is 18.6 Å². The molecule has 0 atom stereocenters. The van der Waals surface area contributed by atoms with E-state index in [1.54, 1.807) is 20.8 Å². The fourth-order valence-electron chi connectivity index (χ4n) is 0.595. The van der Waals surface area contributed by atoms with Crippen LogP contribution in [0, 0.1) is 5.41 Å². The fraction of sp³-hybridized carbons (Fsp3) is 0.750. The van der Waals surface area contributed by atoms with Crippen molar-refractivity contribution in [2.24, 2.45) is 5.41 Å². The number of hydrogen-bond acceptors (Lipinski definition) is 2. The average Bonchev–Trinajstić information content (AvgIpc) is 1.80. The zero-order chi connectivity index (χ0) is 9.07. The number of carbonyl (C=O) groups excluding carboxylic acids is 1. The van der Waals surface area contributed by atoms with Crippen LogP contribution < -0.4 is 0 Å². The van der Waals surface area contributed by atoms with Crippen molar-refractivity contribution in [3.05, 3.63) is 0 Å². The first-order chi connectivity index (χ1) is 4.84. The van der Waals surface area contributed by atoms with E-state index in [0.29, 0.717) is 0 Å². The number of aliphatic carboxylic acids is 1. The Morgan fingerprint density at radius 1 is 1.18 bits per heavy atom. The van der Waals surface area contributed by atoms with E-state index in [1.807, 2.05) is 0 Å². The van der Waals surface area contributed by atoms with Crippen LogP contribution in [0.15, 0.2) is 0 Å². The lowest BCUT2D eigenvalue weighted by Crippen LogP contribution is -2.20. The highest BCUT2D eigenvalue weighted by molar-refractivity contribution is 5.86. The molecule has 0 spiro atoms. The highest BCUT2D eigenvalue weighted by Crippen LogP contribution is 2.17. The van der Waals surface area contributed by atoms with E-state index in [9.17, 15) is 9.59 Å². The Labute approximate surface area is 66.4 Å². The van der Waals surface area contributed by atoms with Gasteiger partial charge in [-0.25, -0.2) is 0 Å². The smallest absolute Gasteiger partial charge is 0.303 e. The Morgan fingerprint density at radius 2 is 1.64 bits per heavy atom. The van der Waals surface area contributed by atoms with Gasteiger partial charge < -0.3 is 5.11 Å². The monoisotopic (exact) mass is 158 g/mol. The molecule has 3 nitrogen and oxygen atoms in total. The molecule has 11 heavy (non-hydrogen) atoms. The molecule has 0 aromatic heterocycles. The average molecular weight is 158 g/mol. The van der Waals surface area contributed by atoms with Crippen LogP contribution in [-0.4, -0.2) is 16.9 Å². The second-order valence-electron chi connectivity index (χ2n) is 3.57. The summed E-state index contributed by atoms with van der Waals surface area (Å²) >= 11 is 0.